The molecular weight excluding hydrogens is 368 g/mol. The van der Waals surface area contributed by atoms with Gasteiger partial charge >= 0.3 is 0 Å². The first-order valence-electron chi connectivity index (χ1n) is 11.0. The fraction of sp³-hybridized carbons (Fsp3) is 0.652. The minimum Gasteiger partial charge on any atom is -0.491 e. The molecule has 29 heavy (non-hydrogen) atoms. The number of carbonyl (C=O) groups is 2. The molecule has 0 unspecified atom stereocenters. The molecule has 1 aliphatic heterocycles. The van der Waals surface area contributed by atoms with Gasteiger partial charge in [-0.15, -0.1) is 0 Å². The van der Waals surface area contributed by atoms with Crippen LogP contribution in [0.4, 0.5) is 0 Å². The van der Waals surface area contributed by atoms with E-state index in [1.165, 1.54) is 32.1 Å². The topological polar surface area (TPSA) is 59.1 Å². The van der Waals surface area contributed by atoms with Crippen LogP contribution < -0.4 is 4.74 Å². The zero-order valence-corrected chi connectivity index (χ0v) is 17.4. The molecule has 0 aromatic heterocycles. The second-order valence-electron chi connectivity index (χ2n) is 8.02. The molecular formula is C23H34N2O4. The molecule has 1 heterocycles. The molecule has 1 aliphatic carbocycles. The van der Waals surface area contributed by atoms with Gasteiger partial charge in [0.15, 0.2) is 0 Å². The summed E-state index contributed by atoms with van der Waals surface area (Å²) < 4.78 is 11.0. The van der Waals surface area contributed by atoms with Crippen LogP contribution in [0.1, 0.15) is 44.9 Å². The van der Waals surface area contributed by atoms with Gasteiger partial charge in [-0.1, -0.05) is 50.3 Å². The summed E-state index contributed by atoms with van der Waals surface area (Å²) in [7, 11) is 0. The molecule has 0 bridgehead atoms. The third kappa shape index (κ3) is 7.35. The summed E-state index contributed by atoms with van der Waals surface area (Å²) >= 11 is 0. The molecule has 1 saturated heterocycles. The molecule has 6 nitrogen and oxygen atoms in total. The highest BCUT2D eigenvalue weighted by Crippen LogP contribution is 2.27. The minimum atomic E-state index is -0.0148. The van der Waals surface area contributed by atoms with Crippen LogP contribution in [-0.2, 0) is 14.3 Å². The maximum Gasteiger partial charge on any atom is 0.248 e. The summed E-state index contributed by atoms with van der Waals surface area (Å²) in [5, 5.41) is 0. The summed E-state index contributed by atoms with van der Waals surface area (Å²) in [5.41, 5.74) is 0. The van der Waals surface area contributed by atoms with Gasteiger partial charge in [0, 0.05) is 32.6 Å². The van der Waals surface area contributed by atoms with Crippen molar-refractivity contribution >= 4 is 11.8 Å². The second-order valence-corrected chi connectivity index (χ2v) is 8.02. The van der Waals surface area contributed by atoms with Gasteiger partial charge in [-0.05, 0) is 24.5 Å². The second kappa shape index (κ2) is 11.8. The Labute approximate surface area is 174 Å². The average Bonchev–Trinajstić information content (AvgIpc) is 2.78. The van der Waals surface area contributed by atoms with E-state index < -0.39 is 0 Å². The zero-order valence-electron chi connectivity index (χ0n) is 17.4. The van der Waals surface area contributed by atoms with Gasteiger partial charge in [0.25, 0.3) is 0 Å². The van der Waals surface area contributed by atoms with Crippen molar-refractivity contribution in [1.82, 2.24) is 9.80 Å². The highest BCUT2D eigenvalue weighted by molar-refractivity contribution is 5.79. The summed E-state index contributed by atoms with van der Waals surface area (Å²) in [6.45, 7) is 3.31. The van der Waals surface area contributed by atoms with E-state index >= 15 is 0 Å². The summed E-state index contributed by atoms with van der Waals surface area (Å²) in [6, 6.07) is 9.55. The van der Waals surface area contributed by atoms with Gasteiger partial charge in [-0.2, -0.15) is 0 Å². The van der Waals surface area contributed by atoms with Crippen molar-refractivity contribution in [3.63, 3.8) is 0 Å². The fourth-order valence-corrected chi connectivity index (χ4v) is 4.15. The lowest BCUT2D eigenvalue weighted by Crippen LogP contribution is -2.51. The molecule has 0 atom stereocenters. The van der Waals surface area contributed by atoms with Gasteiger partial charge in [0.1, 0.15) is 19.0 Å². The van der Waals surface area contributed by atoms with Crippen LogP contribution in [0.3, 0.4) is 0 Å². The first kappa shape index (κ1) is 21.6. The Morgan fingerprint density at radius 3 is 2.21 bits per heavy atom. The number of hydrogen-bond acceptors (Lipinski definition) is 4. The quantitative estimate of drug-likeness (QED) is 0.596. The first-order chi connectivity index (χ1) is 14.2. The van der Waals surface area contributed by atoms with Crippen molar-refractivity contribution in [1.29, 1.82) is 0 Å². The van der Waals surface area contributed by atoms with E-state index in [4.69, 9.17) is 9.47 Å². The van der Waals surface area contributed by atoms with E-state index in [-0.39, 0.29) is 18.4 Å². The number of para-hydroxylation sites is 1. The number of ether oxygens (including phenoxy) is 2. The molecule has 0 spiro atoms. The van der Waals surface area contributed by atoms with E-state index in [0.29, 0.717) is 45.8 Å². The Kier molecular flexibility index (Phi) is 8.81. The number of nitrogens with zero attached hydrogens (tertiary/aromatic N) is 2. The molecule has 2 aliphatic rings. The lowest BCUT2D eigenvalue weighted by Gasteiger charge is -2.35. The Morgan fingerprint density at radius 2 is 1.52 bits per heavy atom. The number of piperazine rings is 1. The van der Waals surface area contributed by atoms with E-state index in [9.17, 15) is 9.59 Å². The van der Waals surface area contributed by atoms with Gasteiger partial charge < -0.3 is 19.3 Å². The lowest BCUT2D eigenvalue weighted by atomic mass is 9.86. The summed E-state index contributed by atoms with van der Waals surface area (Å²) in [4.78, 5) is 28.5. The van der Waals surface area contributed by atoms with E-state index in [1.807, 2.05) is 35.2 Å². The van der Waals surface area contributed by atoms with Crippen molar-refractivity contribution in [2.45, 2.75) is 44.9 Å². The first-order valence-corrected chi connectivity index (χ1v) is 11.0. The van der Waals surface area contributed by atoms with Crippen molar-refractivity contribution in [2.24, 2.45) is 5.92 Å². The van der Waals surface area contributed by atoms with E-state index in [2.05, 4.69) is 0 Å². The lowest BCUT2D eigenvalue weighted by molar-refractivity contribution is -0.142. The third-order valence-electron chi connectivity index (χ3n) is 5.94. The van der Waals surface area contributed by atoms with E-state index in [1.54, 1.807) is 4.90 Å². The van der Waals surface area contributed by atoms with Gasteiger partial charge in [0.2, 0.25) is 11.8 Å². The molecule has 160 valence electrons. The zero-order chi connectivity index (χ0) is 20.3. The monoisotopic (exact) mass is 402 g/mol. The Balaban J connectivity index is 1.25. The van der Waals surface area contributed by atoms with Crippen LogP contribution >= 0.6 is 0 Å². The molecule has 0 N–H and O–H groups in total. The number of benzene rings is 1. The predicted molar refractivity (Wildman–Crippen MR) is 112 cm³/mol. The van der Waals surface area contributed by atoms with Crippen LogP contribution in [0.2, 0.25) is 0 Å². The summed E-state index contributed by atoms with van der Waals surface area (Å²) in [5.74, 6) is 1.77. The minimum absolute atomic E-state index is 0.0148. The van der Waals surface area contributed by atoms with Crippen LogP contribution in [-0.4, -0.2) is 67.6 Å². The van der Waals surface area contributed by atoms with Gasteiger partial charge in [0.05, 0.1) is 6.61 Å². The van der Waals surface area contributed by atoms with Gasteiger partial charge in [-0.3, -0.25) is 9.59 Å². The molecule has 1 saturated carbocycles. The van der Waals surface area contributed by atoms with Crippen molar-refractivity contribution in [3.05, 3.63) is 30.3 Å². The number of amides is 2. The number of carbonyl (C=O) groups excluding carboxylic acids is 2. The van der Waals surface area contributed by atoms with E-state index in [0.717, 1.165) is 18.1 Å². The molecule has 2 fully saturated rings. The molecule has 1 aromatic carbocycles. The Bertz CT molecular complexity index is 623. The molecule has 1 aromatic rings. The predicted octanol–water partition coefficient (Wildman–Crippen LogP) is 3.11. The fourth-order valence-electron chi connectivity index (χ4n) is 4.15. The maximum absolute atomic E-state index is 12.5. The van der Waals surface area contributed by atoms with Crippen LogP contribution in [0, 0.1) is 5.92 Å². The highest BCUT2D eigenvalue weighted by atomic mass is 16.5. The smallest absolute Gasteiger partial charge is 0.248 e. The Hall–Kier alpha value is -2.08. The largest absolute Gasteiger partial charge is 0.491 e. The number of hydrogen-bond donors (Lipinski definition) is 0. The molecule has 3 rings (SSSR count). The third-order valence-corrected chi connectivity index (χ3v) is 5.94. The summed E-state index contributed by atoms with van der Waals surface area (Å²) in [6.07, 6.45) is 8.24. The normalized spacial score (nSPS) is 17.9. The van der Waals surface area contributed by atoms with Crippen molar-refractivity contribution < 1.29 is 19.1 Å². The van der Waals surface area contributed by atoms with Crippen molar-refractivity contribution in [3.8, 4) is 5.75 Å². The number of rotatable bonds is 9. The van der Waals surface area contributed by atoms with Crippen LogP contribution in [0.5, 0.6) is 5.75 Å². The SMILES string of the molecule is O=C(CCC1CCCCC1)N1CCN(C(=O)COCCOc2ccccc2)CC1. The van der Waals surface area contributed by atoms with Gasteiger partial charge in [-0.25, -0.2) is 0 Å². The van der Waals surface area contributed by atoms with Crippen molar-refractivity contribution in [2.75, 3.05) is 46.0 Å². The molecule has 0 radical (unpaired) electrons. The highest BCUT2D eigenvalue weighted by Gasteiger charge is 2.24. The average molecular weight is 403 g/mol. The van der Waals surface area contributed by atoms with Crippen LogP contribution in [0.25, 0.3) is 0 Å². The molecule has 2 amide bonds. The van der Waals surface area contributed by atoms with Crippen LogP contribution in [0.15, 0.2) is 30.3 Å². The Morgan fingerprint density at radius 1 is 0.862 bits per heavy atom. The maximum atomic E-state index is 12.5. The molecule has 6 heteroatoms. The standard InChI is InChI=1S/C23H34N2O4/c26-22(12-11-20-7-3-1-4-8-20)24-13-15-25(16-14-24)23(27)19-28-17-18-29-21-9-5-2-6-10-21/h2,5-6,9-10,20H,1,3-4,7-8,11-19H2.